The Morgan fingerprint density at radius 2 is 2.25 bits per heavy atom. The molecule has 1 aliphatic carbocycles. The van der Waals surface area contributed by atoms with Gasteiger partial charge in [-0.1, -0.05) is 17.7 Å². The first-order valence-electron chi connectivity index (χ1n) is 7.63. The largest absolute Gasteiger partial charge is 0.368 e. The summed E-state index contributed by atoms with van der Waals surface area (Å²) in [6.07, 6.45) is 4.77. The van der Waals surface area contributed by atoms with Crippen molar-refractivity contribution in [2.24, 2.45) is 0 Å². The summed E-state index contributed by atoms with van der Waals surface area (Å²) < 4.78 is 0. The topological polar surface area (TPSA) is 39.1 Å². The molecule has 3 rings (SSSR count). The molecule has 20 heavy (non-hydrogen) atoms. The molecule has 0 saturated heterocycles. The molecule has 3 heteroatoms. The van der Waals surface area contributed by atoms with E-state index in [1.54, 1.807) is 0 Å². The first-order chi connectivity index (χ1) is 9.59. The van der Waals surface area contributed by atoms with Gasteiger partial charge in [-0.15, -0.1) is 0 Å². The van der Waals surface area contributed by atoms with Crippen LogP contribution in [0.25, 0.3) is 0 Å². The van der Waals surface area contributed by atoms with Gasteiger partial charge in [0, 0.05) is 24.8 Å². The molecule has 0 aromatic heterocycles. The second-order valence-corrected chi connectivity index (χ2v) is 6.52. The molecule has 0 radical (unpaired) electrons. The monoisotopic (exact) mass is 269 g/mol. The Morgan fingerprint density at radius 3 is 2.95 bits per heavy atom. The summed E-state index contributed by atoms with van der Waals surface area (Å²) in [7, 11) is 0. The van der Waals surface area contributed by atoms with Crippen molar-refractivity contribution in [3.05, 3.63) is 29.3 Å². The maximum absolute atomic E-state index is 9.55. The molecule has 1 N–H and O–H groups in total. The number of rotatable bonds is 4. The molecule has 0 amide bonds. The second-order valence-electron chi connectivity index (χ2n) is 6.52. The van der Waals surface area contributed by atoms with Gasteiger partial charge < -0.3 is 4.90 Å². The Kier molecular flexibility index (Phi) is 3.43. The van der Waals surface area contributed by atoms with Gasteiger partial charge in [0.1, 0.15) is 5.54 Å². The lowest BCUT2D eigenvalue weighted by atomic mass is 9.96. The van der Waals surface area contributed by atoms with Gasteiger partial charge in [0.15, 0.2) is 0 Å². The summed E-state index contributed by atoms with van der Waals surface area (Å²) in [6, 6.07) is 9.73. The maximum Gasteiger partial charge on any atom is 0.121 e. The number of hydrogen-bond donors (Lipinski definition) is 1. The van der Waals surface area contributed by atoms with E-state index in [2.05, 4.69) is 41.4 Å². The molecule has 1 aromatic rings. The Bertz CT molecular complexity index is 542. The molecule has 1 unspecified atom stereocenters. The van der Waals surface area contributed by atoms with E-state index >= 15 is 0 Å². The number of nitrogens with one attached hydrogen (secondary N) is 1. The lowest BCUT2D eigenvalue weighted by Gasteiger charge is -2.37. The van der Waals surface area contributed by atoms with Crippen LogP contribution >= 0.6 is 0 Å². The van der Waals surface area contributed by atoms with Crippen molar-refractivity contribution in [1.82, 2.24) is 5.32 Å². The zero-order valence-corrected chi connectivity index (χ0v) is 12.4. The second kappa shape index (κ2) is 5.10. The van der Waals surface area contributed by atoms with Crippen LogP contribution in [0.1, 0.15) is 37.3 Å². The number of benzene rings is 1. The Hall–Kier alpha value is -1.53. The zero-order chi connectivity index (χ0) is 14.2. The Labute approximate surface area is 121 Å². The molecule has 1 aliphatic heterocycles. The van der Waals surface area contributed by atoms with Crippen molar-refractivity contribution in [2.45, 2.75) is 51.1 Å². The number of nitrogens with zero attached hydrogens (tertiary/aromatic N) is 2. The summed E-state index contributed by atoms with van der Waals surface area (Å²) in [6.45, 7) is 6.01. The number of aryl methyl sites for hydroxylation is 2. The van der Waals surface area contributed by atoms with Crippen molar-refractivity contribution in [1.29, 1.82) is 5.26 Å². The van der Waals surface area contributed by atoms with Crippen LogP contribution in [0.4, 0.5) is 5.69 Å². The summed E-state index contributed by atoms with van der Waals surface area (Å²) in [5.41, 5.74) is 3.63. The van der Waals surface area contributed by atoms with E-state index in [-0.39, 0.29) is 0 Å². The fourth-order valence-electron chi connectivity index (χ4n) is 3.14. The van der Waals surface area contributed by atoms with Crippen molar-refractivity contribution in [3.63, 3.8) is 0 Å². The third kappa shape index (κ3) is 2.81. The average Bonchev–Trinajstić information content (AvgIpc) is 3.22. The van der Waals surface area contributed by atoms with Crippen LogP contribution in [0.5, 0.6) is 0 Å². The molecule has 1 aromatic carbocycles. The fraction of sp³-hybridized carbons (Fsp3) is 0.588. The smallest absolute Gasteiger partial charge is 0.121 e. The van der Waals surface area contributed by atoms with Crippen LogP contribution in [0.3, 0.4) is 0 Å². The van der Waals surface area contributed by atoms with Gasteiger partial charge >= 0.3 is 0 Å². The van der Waals surface area contributed by atoms with Gasteiger partial charge in [-0.05, 0) is 51.2 Å². The molecule has 0 spiro atoms. The average molecular weight is 269 g/mol. The molecule has 0 bridgehead atoms. The number of hydrogen-bond acceptors (Lipinski definition) is 3. The van der Waals surface area contributed by atoms with Crippen LogP contribution in [0, 0.1) is 18.3 Å². The Balaban J connectivity index is 1.79. The van der Waals surface area contributed by atoms with E-state index in [1.807, 2.05) is 6.92 Å². The van der Waals surface area contributed by atoms with E-state index in [0.29, 0.717) is 6.04 Å². The van der Waals surface area contributed by atoms with Crippen molar-refractivity contribution in [2.75, 3.05) is 18.0 Å². The third-order valence-electron chi connectivity index (χ3n) is 4.30. The minimum atomic E-state index is -0.444. The SMILES string of the molecule is Cc1ccc2c(c1)CCCN2CC(C)(C#N)NC1CC1. The number of anilines is 1. The van der Waals surface area contributed by atoms with E-state index in [4.69, 9.17) is 0 Å². The summed E-state index contributed by atoms with van der Waals surface area (Å²) >= 11 is 0. The molecule has 3 nitrogen and oxygen atoms in total. The first kappa shape index (κ1) is 13.5. The van der Waals surface area contributed by atoms with Gasteiger partial charge in [-0.3, -0.25) is 5.32 Å². The van der Waals surface area contributed by atoms with Gasteiger partial charge in [-0.25, -0.2) is 0 Å². The van der Waals surface area contributed by atoms with Crippen LogP contribution < -0.4 is 10.2 Å². The third-order valence-corrected chi connectivity index (χ3v) is 4.30. The molecule has 1 heterocycles. The highest BCUT2D eigenvalue weighted by Crippen LogP contribution is 2.30. The van der Waals surface area contributed by atoms with Gasteiger partial charge in [0.2, 0.25) is 0 Å². The molecular formula is C17H23N3. The van der Waals surface area contributed by atoms with Crippen molar-refractivity contribution >= 4 is 5.69 Å². The first-order valence-corrected chi connectivity index (χ1v) is 7.63. The minimum Gasteiger partial charge on any atom is -0.368 e. The highest BCUT2D eigenvalue weighted by molar-refractivity contribution is 5.57. The number of fused-ring (bicyclic) bond motifs is 1. The van der Waals surface area contributed by atoms with E-state index in [0.717, 1.165) is 19.5 Å². The quantitative estimate of drug-likeness (QED) is 0.913. The van der Waals surface area contributed by atoms with Crippen LogP contribution in [0.15, 0.2) is 18.2 Å². The van der Waals surface area contributed by atoms with E-state index in [1.165, 1.54) is 36.1 Å². The molecular weight excluding hydrogens is 246 g/mol. The van der Waals surface area contributed by atoms with E-state index in [9.17, 15) is 5.26 Å². The lowest BCUT2D eigenvalue weighted by Crippen LogP contribution is -2.52. The standard InChI is InChI=1S/C17H23N3/c1-13-5-8-16-14(10-13)4-3-9-20(16)12-17(2,11-18)19-15-6-7-15/h5,8,10,15,19H,3-4,6-7,9,12H2,1-2H3. The van der Waals surface area contributed by atoms with Gasteiger partial charge in [-0.2, -0.15) is 5.26 Å². The van der Waals surface area contributed by atoms with Crippen LogP contribution in [0.2, 0.25) is 0 Å². The molecule has 1 fully saturated rings. The maximum atomic E-state index is 9.55. The van der Waals surface area contributed by atoms with Gasteiger partial charge in [0.25, 0.3) is 0 Å². The molecule has 2 aliphatic rings. The normalized spacial score (nSPS) is 20.9. The van der Waals surface area contributed by atoms with Crippen LogP contribution in [-0.4, -0.2) is 24.7 Å². The fourth-order valence-corrected chi connectivity index (χ4v) is 3.14. The highest BCUT2D eigenvalue weighted by atomic mass is 15.2. The molecule has 1 atom stereocenters. The zero-order valence-electron chi connectivity index (χ0n) is 12.4. The summed E-state index contributed by atoms with van der Waals surface area (Å²) in [5, 5.41) is 13.0. The Morgan fingerprint density at radius 1 is 1.45 bits per heavy atom. The summed E-state index contributed by atoms with van der Waals surface area (Å²) in [5.74, 6) is 0. The van der Waals surface area contributed by atoms with Gasteiger partial charge in [0.05, 0.1) is 6.07 Å². The van der Waals surface area contributed by atoms with Crippen molar-refractivity contribution in [3.8, 4) is 6.07 Å². The lowest BCUT2D eigenvalue weighted by molar-refractivity contribution is 0.434. The van der Waals surface area contributed by atoms with Crippen molar-refractivity contribution < 1.29 is 0 Å². The summed E-state index contributed by atoms with van der Waals surface area (Å²) in [4.78, 5) is 2.39. The molecule has 1 saturated carbocycles. The number of nitriles is 1. The highest BCUT2D eigenvalue weighted by Gasteiger charge is 2.34. The predicted molar refractivity (Wildman–Crippen MR) is 81.9 cm³/mol. The van der Waals surface area contributed by atoms with E-state index < -0.39 is 5.54 Å². The minimum absolute atomic E-state index is 0.444. The predicted octanol–water partition coefficient (Wildman–Crippen LogP) is 2.78. The van der Waals surface area contributed by atoms with Crippen LogP contribution in [-0.2, 0) is 6.42 Å². The molecule has 106 valence electrons.